The van der Waals surface area contributed by atoms with Gasteiger partial charge < -0.3 is 16.4 Å². The standard InChI is InChI=1S/C26H41N3O4/c1-7-26(5,6)28-16-21(30)15-22(17(2)3)23(31)14-20(13-19-11-9-8-10-12-19)25(33)29-18(4)24(27)32/h8-12,17-18,20,22,28H,7,13-16H2,1-6H3,(H2,27,32)(H,29,33)/t18-,20+,22-/m0/s1. The molecule has 0 aliphatic heterocycles. The largest absolute Gasteiger partial charge is 0.368 e. The Morgan fingerprint density at radius 2 is 1.61 bits per heavy atom. The summed E-state index contributed by atoms with van der Waals surface area (Å²) in [6, 6.07) is 8.59. The molecule has 0 aromatic heterocycles. The van der Waals surface area contributed by atoms with Gasteiger partial charge in [0.05, 0.1) is 6.54 Å². The van der Waals surface area contributed by atoms with E-state index in [-0.39, 0.29) is 42.4 Å². The van der Waals surface area contributed by atoms with E-state index in [0.717, 1.165) is 12.0 Å². The second-order valence-corrected chi connectivity index (χ2v) is 9.87. The van der Waals surface area contributed by atoms with Crippen molar-refractivity contribution in [3.8, 4) is 0 Å². The van der Waals surface area contributed by atoms with E-state index in [1.54, 1.807) is 0 Å². The van der Waals surface area contributed by atoms with Crippen LogP contribution in [0.5, 0.6) is 0 Å². The van der Waals surface area contributed by atoms with E-state index in [2.05, 4.69) is 17.6 Å². The molecule has 3 atom stereocenters. The van der Waals surface area contributed by atoms with Crippen molar-refractivity contribution in [2.45, 2.75) is 78.8 Å². The molecule has 0 fully saturated rings. The summed E-state index contributed by atoms with van der Waals surface area (Å²) >= 11 is 0. The highest BCUT2D eigenvalue weighted by Gasteiger charge is 2.31. The Bertz CT molecular complexity index is 805. The molecule has 4 N–H and O–H groups in total. The normalized spacial score (nSPS) is 14.4. The van der Waals surface area contributed by atoms with E-state index in [0.29, 0.717) is 6.42 Å². The van der Waals surface area contributed by atoms with Crippen molar-refractivity contribution in [2.75, 3.05) is 6.54 Å². The van der Waals surface area contributed by atoms with Gasteiger partial charge in [0.25, 0.3) is 0 Å². The highest BCUT2D eigenvalue weighted by atomic mass is 16.2. The number of Topliss-reactive ketones (excluding diaryl/α,β-unsaturated/α-hetero) is 2. The third-order valence-corrected chi connectivity index (χ3v) is 6.24. The molecule has 0 radical (unpaired) electrons. The summed E-state index contributed by atoms with van der Waals surface area (Å²) < 4.78 is 0. The van der Waals surface area contributed by atoms with E-state index >= 15 is 0 Å². The van der Waals surface area contributed by atoms with Crippen molar-refractivity contribution in [1.82, 2.24) is 10.6 Å². The van der Waals surface area contributed by atoms with Crippen LogP contribution in [0.1, 0.15) is 66.4 Å². The average Bonchev–Trinajstić information content (AvgIpc) is 2.75. The minimum absolute atomic E-state index is 0.00375. The second-order valence-electron chi connectivity index (χ2n) is 9.87. The minimum atomic E-state index is -0.832. The lowest BCUT2D eigenvalue weighted by atomic mass is 9.81. The van der Waals surface area contributed by atoms with E-state index < -0.39 is 29.7 Å². The summed E-state index contributed by atoms with van der Waals surface area (Å²) in [7, 11) is 0. The number of nitrogens with one attached hydrogen (secondary N) is 2. The Kier molecular flexibility index (Phi) is 11.4. The van der Waals surface area contributed by atoms with Gasteiger partial charge in [-0.25, -0.2) is 0 Å². The van der Waals surface area contributed by atoms with Crippen LogP contribution in [0.15, 0.2) is 30.3 Å². The number of ketones is 2. The van der Waals surface area contributed by atoms with Gasteiger partial charge >= 0.3 is 0 Å². The maximum Gasteiger partial charge on any atom is 0.239 e. The van der Waals surface area contributed by atoms with Crippen LogP contribution in [-0.4, -0.2) is 41.5 Å². The van der Waals surface area contributed by atoms with Crippen LogP contribution < -0.4 is 16.4 Å². The Morgan fingerprint density at radius 3 is 2.12 bits per heavy atom. The van der Waals surface area contributed by atoms with Gasteiger partial charge in [0, 0.05) is 30.2 Å². The number of carbonyl (C=O) groups is 4. The monoisotopic (exact) mass is 459 g/mol. The predicted molar refractivity (Wildman–Crippen MR) is 130 cm³/mol. The smallest absolute Gasteiger partial charge is 0.239 e. The molecule has 0 aliphatic carbocycles. The molecule has 7 nitrogen and oxygen atoms in total. The number of nitrogens with two attached hydrogens (primary N) is 1. The molecule has 1 rings (SSSR count). The number of hydrogen-bond donors (Lipinski definition) is 3. The predicted octanol–water partition coefficient (Wildman–Crippen LogP) is 2.80. The van der Waals surface area contributed by atoms with Crippen LogP contribution in [0.2, 0.25) is 0 Å². The maximum absolute atomic E-state index is 13.3. The fourth-order valence-corrected chi connectivity index (χ4v) is 3.45. The second kappa shape index (κ2) is 13.2. The zero-order chi connectivity index (χ0) is 25.2. The van der Waals surface area contributed by atoms with E-state index in [4.69, 9.17) is 5.73 Å². The third-order valence-electron chi connectivity index (χ3n) is 6.24. The van der Waals surface area contributed by atoms with Crippen molar-refractivity contribution in [3.63, 3.8) is 0 Å². The molecule has 0 saturated carbocycles. The molecule has 0 heterocycles. The molecule has 0 unspecified atom stereocenters. The Balaban J connectivity index is 2.94. The molecular weight excluding hydrogens is 418 g/mol. The van der Waals surface area contributed by atoms with Gasteiger partial charge in [0.2, 0.25) is 11.8 Å². The quantitative estimate of drug-likeness (QED) is 0.373. The zero-order valence-electron chi connectivity index (χ0n) is 20.9. The van der Waals surface area contributed by atoms with Crippen LogP contribution in [0, 0.1) is 17.8 Å². The number of hydrogen-bond acceptors (Lipinski definition) is 5. The Labute approximate surface area is 198 Å². The molecule has 0 saturated heterocycles. The van der Waals surface area contributed by atoms with Gasteiger partial charge in [-0.05, 0) is 45.1 Å². The highest BCUT2D eigenvalue weighted by Crippen LogP contribution is 2.23. The summed E-state index contributed by atoms with van der Waals surface area (Å²) in [5, 5.41) is 5.86. The Morgan fingerprint density at radius 1 is 1.00 bits per heavy atom. The molecule has 0 bridgehead atoms. The van der Waals surface area contributed by atoms with Gasteiger partial charge in [-0.3, -0.25) is 19.2 Å². The maximum atomic E-state index is 13.3. The first-order valence-electron chi connectivity index (χ1n) is 11.8. The van der Waals surface area contributed by atoms with Crippen LogP contribution in [-0.2, 0) is 25.6 Å². The van der Waals surface area contributed by atoms with Gasteiger partial charge in [-0.1, -0.05) is 51.1 Å². The summed E-state index contributed by atoms with van der Waals surface area (Å²) in [6.07, 6.45) is 1.37. The third kappa shape index (κ3) is 10.3. The zero-order valence-corrected chi connectivity index (χ0v) is 20.9. The first kappa shape index (κ1) is 28.5. The SMILES string of the molecule is CCC(C)(C)NCC(=O)C[C@H](C(=O)C[C@@H](Cc1ccccc1)C(=O)N[C@@H](C)C(N)=O)C(C)C. The fraction of sp³-hybridized carbons (Fsp3) is 0.615. The molecule has 1 aromatic rings. The summed E-state index contributed by atoms with van der Waals surface area (Å²) in [6.45, 7) is 11.7. The first-order valence-corrected chi connectivity index (χ1v) is 11.8. The first-order chi connectivity index (χ1) is 15.4. The van der Waals surface area contributed by atoms with Crippen LogP contribution in [0.25, 0.3) is 0 Å². The minimum Gasteiger partial charge on any atom is -0.368 e. The lowest BCUT2D eigenvalue weighted by Gasteiger charge is -2.26. The number of rotatable bonds is 15. The summed E-state index contributed by atoms with van der Waals surface area (Å²) in [5.41, 5.74) is 6.05. The van der Waals surface area contributed by atoms with Gasteiger partial charge in [0.15, 0.2) is 0 Å². The van der Waals surface area contributed by atoms with E-state index in [1.807, 2.05) is 58.0 Å². The molecule has 0 spiro atoms. The summed E-state index contributed by atoms with van der Waals surface area (Å²) in [5.74, 6) is -2.32. The van der Waals surface area contributed by atoms with E-state index in [1.165, 1.54) is 6.92 Å². The topological polar surface area (TPSA) is 118 Å². The average molecular weight is 460 g/mol. The number of carbonyl (C=O) groups excluding carboxylic acids is 4. The molecule has 33 heavy (non-hydrogen) atoms. The number of primary amides is 1. The van der Waals surface area contributed by atoms with Crippen LogP contribution in [0.4, 0.5) is 0 Å². The molecule has 2 amide bonds. The van der Waals surface area contributed by atoms with Gasteiger partial charge in [-0.2, -0.15) is 0 Å². The fourth-order valence-electron chi connectivity index (χ4n) is 3.45. The van der Waals surface area contributed by atoms with Crippen LogP contribution in [0.3, 0.4) is 0 Å². The lowest BCUT2D eigenvalue weighted by Crippen LogP contribution is -2.46. The van der Waals surface area contributed by atoms with Crippen LogP contribution >= 0.6 is 0 Å². The molecule has 7 heteroatoms. The molecule has 0 aliphatic rings. The lowest BCUT2D eigenvalue weighted by molar-refractivity contribution is -0.134. The van der Waals surface area contributed by atoms with Crippen molar-refractivity contribution in [1.29, 1.82) is 0 Å². The summed E-state index contributed by atoms with van der Waals surface area (Å²) in [4.78, 5) is 50.2. The van der Waals surface area contributed by atoms with Gasteiger partial charge in [0.1, 0.15) is 17.6 Å². The number of benzene rings is 1. The molecule has 1 aromatic carbocycles. The number of amides is 2. The van der Waals surface area contributed by atoms with Crippen molar-refractivity contribution >= 4 is 23.4 Å². The van der Waals surface area contributed by atoms with E-state index in [9.17, 15) is 19.2 Å². The van der Waals surface area contributed by atoms with Crippen molar-refractivity contribution in [3.05, 3.63) is 35.9 Å². The molecular formula is C26H41N3O4. The van der Waals surface area contributed by atoms with Gasteiger partial charge in [-0.15, -0.1) is 0 Å². The van der Waals surface area contributed by atoms with Crippen molar-refractivity contribution in [2.24, 2.45) is 23.5 Å². The molecule has 184 valence electrons. The highest BCUT2D eigenvalue weighted by molar-refractivity contribution is 5.93. The Hall–Kier alpha value is -2.54. The van der Waals surface area contributed by atoms with Crippen molar-refractivity contribution < 1.29 is 19.2 Å².